The third-order valence-corrected chi connectivity index (χ3v) is 9.27. The Kier molecular flexibility index (Phi) is 5.87. The van der Waals surface area contributed by atoms with E-state index in [1.54, 1.807) is 42.5 Å². The van der Waals surface area contributed by atoms with Gasteiger partial charge in [-0.25, -0.2) is 4.79 Å². The molecule has 0 unspecified atom stereocenters. The van der Waals surface area contributed by atoms with Crippen molar-refractivity contribution in [1.29, 1.82) is 0 Å². The average Bonchev–Trinajstić information content (AvgIpc) is 2.50. The zero-order chi connectivity index (χ0) is 18.8. The Morgan fingerprint density at radius 3 is 2.16 bits per heavy atom. The molecule has 0 aromatic heterocycles. The van der Waals surface area contributed by atoms with E-state index in [0.29, 0.717) is 27.1 Å². The summed E-state index contributed by atoms with van der Waals surface area (Å²) in [6.45, 7) is 10.7. The first kappa shape index (κ1) is 19.8. The van der Waals surface area contributed by atoms with Crippen LogP contribution in [0.2, 0.25) is 28.2 Å². The summed E-state index contributed by atoms with van der Waals surface area (Å²) in [6.07, 6.45) is 0. The molecule has 134 valence electrons. The average molecular weight is 397 g/mol. The maximum Gasteiger partial charge on any atom is 0.343 e. The van der Waals surface area contributed by atoms with Gasteiger partial charge in [0.25, 0.3) is 8.32 Å². The van der Waals surface area contributed by atoms with E-state index in [4.69, 9.17) is 32.4 Å². The van der Waals surface area contributed by atoms with Crippen molar-refractivity contribution in [3.05, 3.63) is 58.1 Å². The van der Waals surface area contributed by atoms with Crippen LogP contribution in [0.3, 0.4) is 0 Å². The summed E-state index contributed by atoms with van der Waals surface area (Å²) < 4.78 is 11.6. The van der Waals surface area contributed by atoms with Crippen LogP contribution in [0.25, 0.3) is 0 Å². The summed E-state index contributed by atoms with van der Waals surface area (Å²) >= 11 is 12.1. The molecule has 0 saturated carbocycles. The number of carbonyl (C=O) groups is 1. The number of ether oxygens (including phenoxy) is 1. The van der Waals surface area contributed by atoms with Crippen molar-refractivity contribution in [3.63, 3.8) is 0 Å². The lowest BCUT2D eigenvalue weighted by Gasteiger charge is -2.36. The molecule has 2 aromatic carbocycles. The molecule has 0 saturated heterocycles. The molecule has 25 heavy (non-hydrogen) atoms. The van der Waals surface area contributed by atoms with Crippen LogP contribution < -0.4 is 9.16 Å². The highest BCUT2D eigenvalue weighted by atomic mass is 35.5. The fraction of sp³-hybridized carbons (Fsp3) is 0.316. The summed E-state index contributed by atoms with van der Waals surface area (Å²) in [5.74, 6) is 0.467. The molecule has 0 heterocycles. The van der Waals surface area contributed by atoms with Crippen molar-refractivity contribution in [1.82, 2.24) is 0 Å². The Balaban J connectivity index is 2.23. The second kappa shape index (κ2) is 7.40. The van der Waals surface area contributed by atoms with Crippen molar-refractivity contribution >= 4 is 37.5 Å². The van der Waals surface area contributed by atoms with E-state index in [9.17, 15) is 4.79 Å². The third kappa shape index (κ3) is 5.00. The maximum atomic E-state index is 12.4. The maximum absolute atomic E-state index is 12.4. The lowest BCUT2D eigenvalue weighted by Crippen LogP contribution is -2.44. The molecule has 0 amide bonds. The molecule has 0 fully saturated rings. The molecule has 0 aliphatic rings. The number of hydrogen-bond acceptors (Lipinski definition) is 3. The van der Waals surface area contributed by atoms with E-state index in [0.717, 1.165) is 0 Å². The summed E-state index contributed by atoms with van der Waals surface area (Å²) in [4.78, 5) is 12.4. The lowest BCUT2D eigenvalue weighted by atomic mass is 10.2. The Hall–Kier alpha value is -1.49. The SMILES string of the molecule is CC(C)(C)[Si](C)(C)Oc1cc(C(=O)Oc2ccc(Cl)cc2)ccc1Cl. The fourth-order valence-electron chi connectivity index (χ4n) is 1.81. The largest absolute Gasteiger partial charge is 0.542 e. The second-order valence-corrected chi connectivity index (χ2v) is 12.9. The van der Waals surface area contributed by atoms with Gasteiger partial charge in [-0.05, 0) is 60.6 Å². The zero-order valence-electron chi connectivity index (χ0n) is 15.0. The number of carbonyl (C=O) groups excluding carboxylic acids is 1. The molecule has 0 spiro atoms. The standard InChI is InChI=1S/C19H22Cl2O3Si/c1-19(2,3)25(4,5)24-17-12-13(6-11-16(17)21)18(22)23-15-9-7-14(20)8-10-15/h6-12H,1-5H3. The number of hydrogen-bond donors (Lipinski definition) is 0. The molecule has 2 rings (SSSR count). The van der Waals surface area contributed by atoms with E-state index < -0.39 is 14.3 Å². The molecule has 0 radical (unpaired) electrons. The first-order chi connectivity index (χ1) is 11.5. The van der Waals surface area contributed by atoms with E-state index in [-0.39, 0.29) is 5.04 Å². The minimum absolute atomic E-state index is 0.0240. The van der Waals surface area contributed by atoms with Gasteiger partial charge in [0.2, 0.25) is 0 Å². The van der Waals surface area contributed by atoms with Gasteiger partial charge in [0.15, 0.2) is 0 Å². The van der Waals surface area contributed by atoms with E-state index >= 15 is 0 Å². The summed E-state index contributed by atoms with van der Waals surface area (Å²) in [5, 5.41) is 1.08. The van der Waals surface area contributed by atoms with Crippen LogP contribution in [0.1, 0.15) is 31.1 Å². The number of rotatable bonds is 4. The quantitative estimate of drug-likeness (QED) is 0.331. The van der Waals surface area contributed by atoms with Crippen molar-refractivity contribution < 1.29 is 14.0 Å². The first-order valence-electron chi connectivity index (χ1n) is 7.96. The molecule has 0 N–H and O–H groups in total. The van der Waals surface area contributed by atoms with Gasteiger partial charge in [0.1, 0.15) is 11.5 Å². The topological polar surface area (TPSA) is 35.5 Å². The summed E-state index contributed by atoms with van der Waals surface area (Å²) in [5.41, 5.74) is 0.382. The number of benzene rings is 2. The van der Waals surface area contributed by atoms with Gasteiger partial charge in [-0.2, -0.15) is 0 Å². The van der Waals surface area contributed by atoms with Gasteiger partial charge in [0, 0.05) is 5.02 Å². The van der Waals surface area contributed by atoms with Gasteiger partial charge < -0.3 is 9.16 Å². The molecule has 0 atom stereocenters. The summed E-state index contributed by atoms with van der Waals surface area (Å²) in [6, 6.07) is 11.5. The predicted octanol–water partition coefficient (Wildman–Crippen LogP) is 6.60. The third-order valence-electron chi connectivity index (χ3n) is 4.36. The molecule has 2 aromatic rings. The predicted molar refractivity (Wildman–Crippen MR) is 106 cm³/mol. The second-order valence-electron chi connectivity index (χ2n) is 7.35. The number of halogens is 2. The zero-order valence-corrected chi connectivity index (χ0v) is 17.5. The van der Waals surface area contributed by atoms with Gasteiger partial charge in [-0.1, -0.05) is 44.0 Å². The Bertz CT molecular complexity index is 765. The lowest BCUT2D eigenvalue weighted by molar-refractivity contribution is 0.0734. The molecular weight excluding hydrogens is 375 g/mol. The minimum atomic E-state index is -2.07. The van der Waals surface area contributed by atoms with Crippen molar-refractivity contribution in [3.8, 4) is 11.5 Å². The van der Waals surface area contributed by atoms with Crippen LogP contribution in [-0.4, -0.2) is 14.3 Å². The van der Waals surface area contributed by atoms with Crippen molar-refractivity contribution in [2.45, 2.75) is 38.9 Å². The van der Waals surface area contributed by atoms with Crippen LogP contribution in [0.5, 0.6) is 11.5 Å². The van der Waals surface area contributed by atoms with E-state index in [1.807, 2.05) is 0 Å². The molecule has 6 heteroatoms. The van der Waals surface area contributed by atoms with Crippen LogP contribution >= 0.6 is 23.2 Å². The monoisotopic (exact) mass is 396 g/mol. The van der Waals surface area contributed by atoms with Crippen LogP contribution in [0, 0.1) is 0 Å². The molecule has 3 nitrogen and oxygen atoms in total. The summed E-state index contributed by atoms with van der Waals surface area (Å²) in [7, 11) is -2.07. The highest BCUT2D eigenvalue weighted by Crippen LogP contribution is 2.39. The van der Waals surface area contributed by atoms with E-state index in [1.165, 1.54) is 0 Å². The van der Waals surface area contributed by atoms with Gasteiger partial charge in [-0.15, -0.1) is 0 Å². The van der Waals surface area contributed by atoms with E-state index in [2.05, 4.69) is 33.9 Å². The van der Waals surface area contributed by atoms with Crippen molar-refractivity contribution in [2.24, 2.45) is 0 Å². The van der Waals surface area contributed by atoms with Crippen LogP contribution in [0.15, 0.2) is 42.5 Å². The Morgan fingerprint density at radius 2 is 1.60 bits per heavy atom. The minimum Gasteiger partial charge on any atom is -0.542 e. The van der Waals surface area contributed by atoms with Crippen LogP contribution in [-0.2, 0) is 0 Å². The fourth-order valence-corrected chi connectivity index (χ4v) is 3.18. The Labute approximate surface area is 160 Å². The smallest absolute Gasteiger partial charge is 0.343 e. The van der Waals surface area contributed by atoms with Crippen molar-refractivity contribution in [2.75, 3.05) is 0 Å². The first-order valence-corrected chi connectivity index (χ1v) is 11.6. The highest BCUT2D eigenvalue weighted by molar-refractivity contribution is 6.74. The molecule has 0 bridgehead atoms. The molecule has 0 aliphatic carbocycles. The van der Waals surface area contributed by atoms with Gasteiger partial charge in [-0.3, -0.25) is 0 Å². The molecule has 0 aliphatic heterocycles. The van der Waals surface area contributed by atoms with Gasteiger partial charge >= 0.3 is 5.97 Å². The Morgan fingerprint density at radius 1 is 1.00 bits per heavy atom. The van der Waals surface area contributed by atoms with Gasteiger partial charge in [0.05, 0.1) is 10.6 Å². The highest BCUT2D eigenvalue weighted by Gasteiger charge is 2.39. The normalized spacial score (nSPS) is 12.0. The molecular formula is C19H22Cl2O3Si. The number of esters is 1. The van der Waals surface area contributed by atoms with Crippen LogP contribution in [0.4, 0.5) is 0 Å².